The first-order chi connectivity index (χ1) is 15.7. The van der Waals surface area contributed by atoms with E-state index in [1.165, 1.54) is 0 Å². The summed E-state index contributed by atoms with van der Waals surface area (Å²) in [7, 11) is -3.76. The first kappa shape index (κ1) is 24.9. The molecule has 3 aromatic rings. The molecule has 0 spiro atoms. The molecule has 0 fully saturated rings. The molecule has 3 atom stereocenters. The molecule has 0 heterocycles. The fourth-order valence-electron chi connectivity index (χ4n) is 4.18. The summed E-state index contributed by atoms with van der Waals surface area (Å²) < 4.78 is 30.0. The van der Waals surface area contributed by atoms with Crippen LogP contribution in [0.3, 0.4) is 0 Å². The minimum Gasteiger partial charge on any atom is -0.321 e. The molecule has 0 saturated carbocycles. The number of sulfonamides is 1. The molecular formula is C27H34N2O3S. The number of rotatable bonds is 9. The molecule has 0 aromatic heterocycles. The average molecular weight is 467 g/mol. The van der Waals surface area contributed by atoms with Crippen LogP contribution in [0.4, 0.5) is 5.69 Å². The van der Waals surface area contributed by atoms with Crippen LogP contribution in [0.5, 0.6) is 0 Å². The normalized spacial score (nSPS) is 14.6. The molecule has 3 rings (SSSR count). The number of carbonyl (C=O) groups excluding carboxylic acids is 1. The van der Waals surface area contributed by atoms with Gasteiger partial charge < -0.3 is 5.32 Å². The third-order valence-electron chi connectivity index (χ3n) is 6.62. The van der Waals surface area contributed by atoms with E-state index in [1.807, 2.05) is 43.3 Å². The van der Waals surface area contributed by atoms with Gasteiger partial charge in [-0.05, 0) is 42.5 Å². The number of fused-ring (bicyclic) bond motifs is 1. The van der Waals surface area contributed by atoms with Crippen molar-refractivity contribution in [1.29, 1.82) is 0 Å². The lowest BCUT2D eigenvalue weighted by atomic mass is 9.88. The molecule has 0 bridgehead atoms. The Balaban J connectivity index is 2.01. The number of hydrogen-bond donors (Lipinski definition) is 2. The maximum absolute atomic E-state index is 13.5. The standard InChI is InChI=1S/C27H34N2O3S/c1-6-18(3)26(19(4)7-2)29-33(31,32)25-17-16-24(22-14-10-11-15-23(22)25)28-27(30)21-13-9-8-12-20(21)5/h8-19,26,29H,6-7H2,1-5H3,(H,28,30)/t18-,19?,26?/m1/s1. The minimum atomic E-state index is -3.76. The molecule has 3 aromatic carbocycles. The summed E-state index contributed by atoms with van der Waals surface area (Å²) in [6, 6.07) is 17.8. The van der Waals surface area contributed by atoms with E-state index in [2.05, 4.69) is 37.7 Å². The van der Waals surface area contributed by atoms with Crippen LogP contribution in [0.25, 0.3) is 10.8 Å². The fourth-order valence-corrected chi connectivity index (χ4v) is 5.84. The predicted molar refractivity (Wildman–Crippen MR) is 136 cm³/mol. The van der Waals surface area contributed by atoms with Gasteiger partial charge in [0, 0.05) is 28.1 Å². The molecule has 0 aliphatic carbocycles. The van der Waals surface area contributed by atoms with Crippen molar-refractivity contribution in [3.63, 3.8) is 0 Å². The van der Waals surface area contributed by atoms with Gasteiger partial charge in [0.25, 0.3) is 5.91 Å². The van der Waals surface area contributed by atoms with Gasteiger partial charge in [0.2, 0.25) is 10.0 Å². The Morgan fingerprint density at radius 1 is 0.848 bits per heavy atom. The van der Waals surface area contributed by atoms with Gasteiger partial charge in [0.15, 0.2) is 0 Å². The van der Waals surface area contributed by atoms with Crippen LogP contribution in [0.1, 0.15) is 56.5 Å². The van der Waals surface area contributed by atoms with E-state index in [-0.39, 0.29) is 28.7 Å². The molecule has 6 heteroatoms. The monoisotopic (exact) mass is 466 g/mol. The Bertz CT molecular complexity index is 1230. The van der Waals surface area contributed by atoms with Gasteiger partial charge in [0.1, 0.15) is 0 Å². The highest BCUT2D eigenvalue weighted by Crippen LogP contribution is 2.31. The molecule has 0 saturated heterocycles. The van der Waals surface area contributed by atoms with Crippen LogP contribution in [0.15, 0.2) is 65.6 Å². The number of carbonyl (C=O) groups is 1. The van der Waals surface area contributed by atoms with Crippen LogP contribution < -0.4 is 10.0 Å². The smallest absolute Gasteiger partial charge is 0.255 e. The molecule has 0 aliphatic rings. The number of anilines is 1. The lowest BCUT2D eigenvalue weighted by Crippen LogP contribution is -2.43. The van der Waals surface area contributed by atoms with Crippen LogP contribution in [-0.2, 0) is 10.0 Å². The third kappa shape index (κ3) is 5.45. The zero-order chi connectivity index (χ0) is 24.2. The molecule has 5 nitrogen and oxygen atoms in total. The third-order valence-corrected chi connectivity index (χ3v) is 8.13. The number of aryl methyl sites for hydroxylation is 1. The summed E-state index contributed by atoms with van der Waals surface area (Å²) in [5.74, 6) is 0.211. The maximum Gasteiger partial charge on any atom is 0.255 e. The zero-order valence-corrected chi connectivity index (χ0v) is 20.9. The van der Waals surface area contributed by atoms with Gasteiger partial charge in [-0.25, -0.2) is 13.1 Å². The van der Waals surface area contributed by atoms with Crippen molar-refractivity contribution in [2.24, 2.45) is 11.8 Å². The lowest BCUT2D eigenvalue weighted by molar-refractivity contribution is 0.102. The van der Waals surface area contributed by atoms with Crippen molar-refractivity contribution in [1.82, 2.24) is 4.72 Å². The van der Waals surface area contributed by atoms with Gasteiger partial charge in [0.05, 0.1) is 4.90 Å². The van der Waals surface area contributed by atoms with Crippen molar-refractivity contribution in [3.8, 4) is 0 Å². The number of hydrogen-bond acceptors (Lipinski definition) is 3. The quantitative estimate of drug-likeness (QED) is 0.398. The van der Waals surface area contributed by atoms with Crippen molar-refractivity contribution in [3.05, 3.63) is 71.8 Å². The average Bonchev–Trinajstić information content (AvgIpc) is 2.81. The van der Waals surface area contributed by atoms with E-state index in [0.717, 1.165) is 18.4 Å². The molecule has 33 heavy (non-hydrogen) atoms. The van der Waals surface area contributed by atoms with E-state index in [0.29, 0.717) is 22.0 Å². The summed E-state index contributed by atoms with van der Waals surface area (Å²) in [6.45, 7) is 10.2. The first-order valence-corrected chi connectivity index (χ1v) is 13.1. The molecule has 0 radical (unpaired) electrons. The van der Waals surface area contributed by atoms with Crippen LogP contribution in [-0.4, -0.2) is 20.4 Å². The van der Waals surface area contributed by atoms with Crippen LogP contribution >= 0.6 is 0 Å². The Kier molecular flexibility index (Phi) is 7.92. The van der Waals surface area contributed by atoms with E-state index in [4.69, 9.17) is 0 Å². The zero-order valence-electron chi connectivity index (χ0n) is 20.1. The minimum absolute atomic E-state index is 0.149. The number of amides is 1. The van der Waals surface area contributed by atoms with Crippen molar-refractivity contribution in [2.75, 3.05) is 5.32 Å². The molecule has 2 unspecified atom stereocenters. The van der Waals surface area contributed by atoms with E-state index in [9.17, 15) is 13.2 Å². The van der Waals surface area contributed by atoms with Gasteiger partial charge in [-0.2, -0.15) is 0 Å². The second kappa shape index (κ2) is 10.5. The SMILES string of the molecule is CCC(C)C(NS(=O)(=O)c1ccc(NC(=O)c2ccccc2C)c2ccccc12)[C@H](C)CC. The molecule has 1 amide bonds. The Hall–Kier alpha value is -2.70. The highest BCUT2D eigenvalue weighted by molar-refractivity contribution is 7.89. The maximum atomic E-state index is 13.5. The van der Waals surface area contributed by atoms with Gasteiger partial charge in [-0.15, -0.1) is 0 Å². The first-order valence-electron chi connectivity index (χ1n) is 11.6. The topological polar surface area (TPSA) is 75.3 Å². The summed E-state index contributed by atoms with van der Waals surface area (Å²) in [5, 5.41) is 4.23. The highest BCUT2D eigenvalue weighted by Gasteiger charge is 2.29. The lowest BCUT2D eigenvalue weighted by Gasteiger charge is -2.29. The van der Waals surface area contributed by atoms with Crippen LogP contribution in [0.2, 0.25) is 0 Å². The largest absolute Gasteiger partial charge is 0.321 e. The molecular weight excluding hydrogens is 432 g/mol. The van der Waals surface area contributed by atoms with Crippen molar-refractivity contribution in [2.45, 2.75) is 58.4 Å². The van der Waals surface area contributed by atoms with E-state index in [1.54, 1.807) is 24.3 Å². The van der Waals surface area contributed by atoms with Gasteiger partial charge >= 0.3 is 0 Å². The van der Waals surface area contributed by atoms with Crippen LogP contribution in [0, 0.1) is 18.8 Å². The van der Waals surface area contributed by atoms with Crippen molar-refractivity contribution >= 4 is 32.4 Å². The van der Waals surface area contributed by atoms with E-state index >= 15 is 0 Å². The van der Waals surface area contributed by atoms with Gasteiger partial charge in [-0.3, -0.25) is 4.79 Å². The summed E-state index contributed by atoms with van der Waals surface area (Å²) in [4.78, 5) is 13.1. The Morgan fingerprint density at radius 3 is 2.03 bits per heavy atom. The predicted octanol–water partition coefficient (Wildman–Crippen LogP) is 6.14. The van der Waals surface area contributed by atoms with Gasteiger partial charge in [-0.1, -0.05) is 83.0 Å². The van der Waals surface area contributed by atoms with E-state index < -0.39 is 10.0 Å². The summed E-state index contributed by atoms with van der Waals surface area (Å²) in [6.07, 6.45) is 1.78. The number of nitrogens with one attached hydrogen (secondary N) is 2. The van der Waals surface area contributed by atoms with Crippen molar-refractivity contribution < 1.29 is 13.2 Å². The summed E-state index contributed by atoms with van der Waals surface area (Å²) >= 11 is 0. The highest BCUT2D eigenvalue weighted by atomic mass is 32.2. The Morgan fingerprint density at radius 2 is 1.42 bits per heavy atom. The second-order valence-corrected chi connectivity index (χ2v) is 10.5. The second-order valence-electron chi connectivity index (χ2n) is 8.84. The fraction of sp³-hybridized carbons (Fsp3) is 0.370. The number of benzene rings is 3. The molecule has 2 N–H and O–H groups in total. The molecule has 176 valence electrons. The molecule has 0 aliphatic heterocycles. The Labute approximate surface area is 197 Å². The summed E-state index contributed by atoms with van der Waals surface area (Å²) in [5.41, 5.74) is 2.05.